The van der Waals surface area contributed by atoms with Crippen molar-refractivity contribution in [2.75, 3.05) is 0 Å². The lowest BCUT2D eigenvalue weighted by Crippen LogP contribution is -2.26. The van der Waals surface area contributed by atoms with Gasteiger partial charge in [-0.25, -0.2) is 0 Å². The van der Waals surface area contributed by atoms with Gasteiger partial charge < -0.3 is 9.73 Å². The van der Waals surface area contributed by atoms with Crippen LogP contribution in [0.2, 0.25) is 0 Å². The summed E-state index contributed by atoms with van der Waals surface area (Å²) < 4.78 is 4.94. The topological polar surface area (TPSA) is 42.2 Å². The molecular weight excluding hydrogens is 250 g/mol. The summed E-state index contributed by atoms with van der Waals surface area (Å²) in [4.78, 5) is 12.0. The zero-order valence-corrected chi connectivity index (χ0v) is 11.7. The van der Waals surface area contributed by atoms with Gasteiger partial charge in [-0.05, 0) is 55.4 Å². The maximum absolute atomic E-state index is 12.0. The van der Waals surface area contributed by atoms with Crippen LogP contribution in [0.1, 0.15) is 52.9 Å². The molecule has 1 N–H and O–H groups in total. The average Bonchev–Trinajstić information content (AvgIpc) is 3.01. The van der Waals surface area contributed by atoms with E-state index in [2.05, 4.69) is 23.5 Å². The molecule has 0 fully saturated rings. The second kappa shape index (κ2) is 5.53. The standard InChI is InChI=1S/C17H19NO2/c1-12(18-17(19)16-8-9-20-11-16)14-7-6-13-4-2-3-5-15(13)10-14/h6-12H,2-5H2,1H3,(H,18,19)/t12-/m0/s1. The van der Waals surface area contributed by atoms with E-state index in [-0.39, 0.29) is 11.9 Å². The third-order valence-corrected chi connectivity index (χ3v) is 4.00. The van der Waals surface area contributed by atoms with Crippen LogP contribution in [0.25, 0.3) is 0 Å². The van der Waals surface area contributed by atoms with Gasteiger partial charge in [0.15, 0.2) is 0 Å². The fraction of sp³-hybridized carbons (Fsp3) is 0.353. The molecule has 1 aliphatic carbocycles. The molecule has 1 aromatic carbocycles. The molecule has 0 saturated heterocycles. The first-order valence-electron chi connectivity index (χ1n) is 7.19. The number of benzene rings is 1. The highest BCUT2D eigenvalue weighted by Crippen LogP contribution is 2.24. The molecule has 1 aromatic heterocycles. The van der Waals surface area contributed by atoms with Crippen molar-refractivity contribution in [1.29, 1.82) is 0 Å². The normalized spacial score (nSPS) is 15.4. The van der Waals surface area contributed by atoms with Gasteiger partial charge >= 0.3 is 0 Å². The lowest BCUT2D eigenvalue weighted by Gasteiger charge is -2.19. The number of carbonyl (C=O) groups excluding carboxylic acids is 1. The van der Waals surface area contributed by atoms with Crippen LogP contribution in [-0.4, -0.2) is 5.91 Å². The van der Waals surface area contributed by atoms with Crippen molar-refractivity contribution in [1.82, 2.24) is 5.32 Å². The Balaban J connectivity index is 1.74. The predicted molar refractivity (Wildman–Crippen MR) is 77.7 cm³/mol. The number of aryl methyl sites for hydroxylation is 2. The molecule has 0 unspecified atom stereocenters. The summed E-state index contributed by atoms with van der Waals surface area (Å²) in [6, 6.07) is 8.27. The van der Waals surface area contributed by atoms with Crippen LogP contribution in [0.5, 0.6) is 0 Å². The summed E-state index contributed by atoms with van der Waals surface area (Å²) in [5.41, 5.74) is 4.64. The average molecular weight is 269 g/mol. The van der Waals surface area contributed by atoms with Crippen molar-refractivity contribution in [3.63, 3.8) is 0 Å². The van der Waals surface area contributed by atoms with Gasteiger partial charge in [-0.15, -0.1) is 0 Å². The summed E-state index contributed by atoms with van der Waals surface area (Å²) in [6.45, 7) is 2.02. The maximum Gasteiger partial charge on any atom is 0.255 e. The highest BCUT2D eigenvalue weighted by molar-refractivity contribution is 5.94. The number of carbonyl (C=O) groups is 1. The predicted octanol–water partition coefficient (Wildman–Crippen LogP) is 3.65. The lowest BCUT2D eigenvalue weighted by molar-refractivity contribution is 0.0939. The Morgan fingerprint density at radius 2 is 2.00 bits per heavy atom. The fourth-order valence-electron chi connectivity index (χ4n) is 2.78. The van der Waals surface area contributed by atoms with E-state index in [4.69, 9.17) is 4.42 Å². The van der Waals surface area contributed by atoms with Crippen molar-refractivity contribution in [3.8, 4) is 0 Å². The highest BCUT2D eigenvalue weighted by Gasteiger charge is 2.15. The van der Waals surface area contributed by atoms with Crippen LogP contribution < -0.4 is 5.32 Å². The van der Waals surface area contributed by atoms with Crippen molar-refractivity contribution < 1.29 is 9.21 Å². The van der Waals surface area contributed by atoms with E-state index in [0.29, 0.717) is 5.56 Å². The Labute approximate surface area is 119 Å². The Kier molecular flexibility index (Phi) is 3.59. The number of rotatable bonds is 3. The SMILES string of the molecule is C[C@H](NC(=O)c1ccoc1)c1ccc2c(c1)CCCC2. The molecule has 20 heavy (non-hydrogen) atoms. The molecule has 0 aliphatic heterocycles. The molecule has 3 nitrogen and oxygen atoms in total. The summed E-state index contributed by atoms with van der Waals surface area (Å²) in [5, 5.41) is 3.01. The van der Waals surface area contributed by atoms with Crippen molar-refractivity contribution in [2.45, 2.75) is 38.6 Å². The van der Waals surface area contributed by atoms with Crippen LogP contribution in [-0.2, 0) is 12.8 Å². The molecule has 1 aliphatic rings. The molecule has 3 rings (SSSR count). The first-order chi connectivity index (χ1) is 9.74. The molecular formula is C17H19NO2. The smallest absolute Gasteiger partial charge is 0.255 e. The van der Waals surface area contributed by atoms with E-state index in [0.717, 1.165) is 6.42 Å². The first kappa shape index (κ1) is 13.0. The maximum atomic E-state index is 12.0. The molecule has 2 aromatic rings. The van der Waals surface area contributed by atoms with Gasteiger partial charge in [-0.1, -0.05) is 18.2 Å². The first-order valence-corrected chi connectivity index (χ1v) is 7.19. The Bertz CT molecular complexity index is 601. The number of hydrogen-bond acceptors (Lipinski definition) is 2. The van der Waals surface area contributed by atoms with Crippen LogP contribution in [0.15, 0.2) is 41.2 Å². The third-order valence-electron chi connectivity index (χ3n) is 4.00. The van der Waals surface area contributed by atoms with Crippen LogP contribution in [0.3, 0.4) is 0 Å². The van der Waals surface area contributed by atoms with E-state index in [1.807, 2.05) is 6.92 Å². The van der Waals surface area contributed by atoms with E-state index in [1.54, 1.807) is 6.07 Å². The highest BCUT2D eigenvalue weighted by atomic mass is 16.3. The number of furan rings is 1. The Morgan fingerprint density at radius 1 is 1.20 bits per heavy atom. The number of nitrogens with one attached hydrogen (secondary N) is 1. The third kappa shape index (κ3) is 2.62. The second-order valence-corrected chi connectivity index (χ2v) is 5.44. The van der Waals surface area contributed by atoms with Gasteiger partial charge in [-0.2, -0.15) is 0 Å². The number of hydrogen-bond donors (Lipinski definition) is 1. The molecule has 1 atom stereocenters. The van der Waals surface area contributed by atoms with Crippen molar-refractivity contribution in [2.24, 2.45) is 0 Å². The van der Waals surface area contributed by atoms with Gasteiger partial charge in [0.25, 0.3) is 5.91 Å². The summed E-state index contributed by atoms with van der Waals surface area (Å²) >= 11 is 0. The van der Waals surface area contributed by atoms with Crippen LogP contribution in [0.4, 0.5) is 0 Å². The molecule has 3 heteroatoms. The number of amides is 1. The molecule has 0 spiro atoms. The van der Waals surface area contributed by atoms with E-state index < -0.39 is 0 Å². The largest absolute Gasteiger partial charge is 0.472 e. The molecule has 0 bridgehead atoms. The van der Waals surface area contributed by atoms with Gasteiger partial charge in [-0.3, -0.25) is 4.79 Å². The van der Waals surface area contributed by atoms with E-state index in [9.17, 15) is 4.79 Å². The van der Waals surface area contributed by atoms with Crippen molar-refractivity contribution in [3.05, 3.63) is 59.0 Å². The Hall–Kier alpha value is -2.03. The molecule has 0 radical (unpaired) electrons. The number of fused-ring (bicyclic) bond motifs is 1. The van der Waals surface area contributed by atoms with Crippen LogP contribution >= 0.6 is 0 Å². The van der Waals surface area contributed by atoms with E-state index in [1.165, 1.54) is 48.5 Å². The minimum Gasteiger partial charge on any atom is -0.472 e. The quantitative estimate of drug-likeness (QED) is 0.924. The zero-order chi connectivity index (χ0) is 13.9. The lowest BCUT2D eigenvalue weighted by atomic mass is 9.89. The van der Waals surface area contributed by atoms with Gasteiger partial charge in [0, 0.05) is 0 Å². The van der Waals surface area contributed by atoms with Gasteiger partial charge in [0.1, 0.15) is 6.26 Å². The minimum atomic E-state index is -0.0935. The second-order valence-electron chi connectivity index (χ2n) is 5.44. The zero-order valence-electron chi connectivity index (χ0n) is 11.7. The monoisotopic (exact) mass is 269 g/mol. The van der Waals surface area contributed by atoms with Gasteiger partial charge in [0.05, 0.1) is 17.9 Å². The summed E-state index contributed by atoms with van der Waals surface area (Å²) in [5.74, 6) is -0.0935. The molecule has 104 valence electrons. The Morgan fingerprint density at radius 3 is 2.75 bits per heavy atom. The molecule has 1 amide bonds. The summed E-state index contributed by atoms with van der Waals surface area (Å²) in [6.07, 6.45) is 7.88. The molecule has 1 heterocycles. The van der Waals surface area contributed by atoms with Crippen molar-refractivity contribution >= 4 is 5.91 Å². The molecule has 0 saturated carbocycles. The minimum absolute atomic E-state index is 0.00428. The summed E-state index contributed by atoms with van der Waals surface area (Å²) in [7, 11) is 0. The van der Waals surface area contributed by atoms with Gasteiger partial charge in [0.2, 0.25) is 0 Å². The van der Waals surface area contributed by atoms with E-state index >= 15 is 0 Å². The van der Waals surface area contributed by atoms with Crippen LogP contribution in [0, 0.1) is 0 Å². The fourth-order valence-corrected chi connectivity index (χ4v) is 2.78.